The molecule has 0 spiro atoms. The lowest BCUT2D eigenvalue weighted by molar-refractivity contribution is -0.142. The van der Waals surface area contributed by atoms with E-state index in [0.29, 0.717) is 32.8 Å². The first kappa shape index (κ1) is 17.9. The number of amides is 2. The molecule has 1 aromatic carbocycles. The lowest BCUT2D eigenvalue weighted by atomic mass is 10.1. The highest BCUT2D eigenvalue weighted by Gasteiger charge is 2.30. The van der Waals surface area contributed by atoms with Crippen LogP contribution >= 0.6 is 0 Å². The molecule has 3 rings (SSSR count). The summed E-state index contributed by atoms with van der Waals surface area (Å²) < 4.78 is 5.47. The van der Waals surface area contributed by atoms with Crippen molar-refractivity contribution in [2.75, 3.05) is 45.9 Å². The maximum atomic E-state index is 12.3. The summed E-state index contributed by atoms with van der Waals surface area (Å²) in [5, 5.41) is 2.98. The number of carbonyl (C=O) groups excluding carboxylic acids is 2. The van der Waals surface area contributed by atoms with Gasteiger partial charge in [0.15, 0.2) is 0 Å². The molecule has 1 aromatic rings. The van der Waals surface area contributed by atoms with E-state index in [0.717, 1.165) is 32.4 Å². The average molecular weight is 345 g/mol. The van der Waals surface area contributed by atoms with E-state index in [1.807, 2.05) is 23.1 Å². The van der Waals surface area contributed by atoms with Gasteiger partial charge in [0, 0.05) is 39.3 Å². The van der Waals surface area contributed by atoms with Crippen molar-refractivity contribution >= 4 is 11.8 Å². The minimum atomic E-state index is -0.243. The van der Waals surface area contributed by atoms with Gasteiger partial charge in [-0.1, -0.05) is 30.3 Å². The van der Waals surface area contributed by atoms with Gasteiger partial charge >= 0.3 is 0 Å². The Morgan fingerprint density at radius 3 is 2.56 bits per heavy atom. The third-order valence-corrected chi connectivity index (χ3v) is 4.83. The molecule has 136 valence electrons. The number of hydrogen-bond donors (Lipinski definition) is 1. The molecular weight excluding hydrogens is 318 g/mol. The summed E-state index contributed by atoms with van der Waals surface area (Å²) in [5.41, 5.74) is 1.23. The van der Waals surface area contributed by atoms with E-state index in [1.165, 1.54) is 5.56 Å². The summed E-state index contributed by atoms with van der Waals surface area (Å²) in [5.74, 6) is 0.166. The van der Waals surface area contributed by atoms with Crippen LogP contribution in [0.1, 0.15) is 18.4 Å². The highest BCUT2D eigenvalue weighted by molar-refractivity contribution is 5.81. The summed E-state index contributed by atoms with van der Waals surface area (Å²) in [7, 11) is 0. The van der Waals surface area contributed by atoms with Crippen molar-refractivity contribution in [1.82, 2.24) is 15.1 Å². The van der Waals surface area contributed by atoms with Gasteiger partial charge in [-0.25, -0.2) is 0 Å². The second-order valence-electron chi connectivity index (χ2n) is 6.69. The molecule has 1 N–H and O–H groups in total. The zero-order chi connectivity index (χ0) is 17.5. The first-order chi connectivity index (χ1) is 12.2. The van der Waals surface area contributed by atoms with Gasteiger partial charge in [-0.3, -0.25) is 14.5 Å². The van der Waals surface area contributed by atoms with Crippen LogP contribution in [0.2, 0.25) is 0 Å². The van der Waals surface area contributed by atoms with E-state index >= 15 is 0 Å². The van der Waals surface area contributed by atoms with Crippen molar-refractivity contribution in [2.24, 2.45) is 0 Å². The quantitative estimate of drug-likeness (QED) is 0.823. The number of piperazine rings is 1. The lowest BCUT2D eigenvalue weighted by Gasteiger charge is -2.35. The van der Waals surface area contributed by atoms with Crippen molar-refractivity contribution in [1.29, 1.82) is 0 Å². The first-order valence-electron chi connectivity index (χ1n) is 9.16. The molecule has 1 atom stereocenters. The molecule has 2 amide bonds. The predicted molar refractivity (Wildman–Crippen MR) is 95.1 cm³/mol. The fourth-order valence-electron chi connectivity index (χ4n) is 3.35. The maximum absolute atomic E-state index is 12.3. The van der Waals surface area contributed by atoms with Crippen LogP contribution in [-0.2, 0) is 20.7 Å². The van der Waals surface area contributed by atoms with E-state index in [2.05, 4.69) is 22.3 Å². The molecule has 6 nitrogen and oxygen atoms in total. The average Bonchev–Trinajstić information content (AvgIpc) is 3.17. The summed E-state index contributed by atoms with van der Waals surface area (Å²) in [6.07, 6.45) is 2.41. The smallest absolute Gasteiger partial charge is 0.251 e. The van der Waals surface area contributed by atoms with Gasteiger partial charge in [0.25, 0.3) is 5.91 Å². The fraction of sp³-hybridized carbons (Fsp3) is 0.579. The van der Waals surface area contributed by atoms with Crippen molar-refractivity contribution in [3.8, 4) is 0 Å². The number of nitrogens with one attached hydrogen (secondary N) is 1. The van der Waals surface area contributed by atoms with Crippen LogP contribution < -0.4 is 5.32 Å². The summed E-state index contributed by atoms with van der Waals surface area (Å²) >= 11 is 0. The molecule has 0 radical (unpaired) electrons. The van der Waals surface area contributed by atoms with Gasteiger partial charge < -0.3 is 15.0 Å². The predicted octanol–water partition coefficient (Wildman–Crippen LogP) is 0.669. The molecule has 0 aliphatic carbocycles. The normalized spacial score (nSPS) is 21.3. The molecule has 0 bridgehead atoms. The molecule has 0 unspecified atom stereocenters. The fourth-order valence-corrected chi connectivity index (χ4v) is 3.35. The number of benzene rings is 1. The molecule has 2 fully saturated rings. The molecule has 2 aliphatic heterocycles. The Morgan fingerprint density at radius 2 is 1.88 bits per heavy atom. The zero-order valence-corrected chi connectivity index (χ0v) is 14.7. The van der Waals surface area contributed by atoms with Crippen molar-refractivity contribution < 1.29 is 14.3 Å². The summed E-state index contributed by atoms with van der Waals surface area (Å²) in [6.45, 7) is 4.58. The topological polar surface area (TPSA) is 61.9 Å². The SMILES string of the molecule is O=C(CN1CCN(C(=O)[C@H]2CCCO2)CC1)NCCc1ccccc1. The van der Waals surface area contributed by atoms with Crippen LogP contribution in [0.5, 0.6) is 0 Å². The number of carbonyl (C=O) groups is 2. The Hall–Kier alpha value is -1.92. The number of ether oxygens (including phenoxy) is 1. The van der Waals surface area contributed by atoms with Gasteiger partial charge in [0.05, 0.1) is 6.54 Å². The van der Waals surface area contributed by atoms with Crippen LogP contribution in [-0.4, -0.2) is 73.6 Å². The molecule has 2 heterocycles. The lowest BCUT2D eigenvalue weighted by Crippen LogP contribution is -2.53. The monoisotopic (exact) mass is 345 g/mol. The molecule has 2 saturated heterocycles. The molecule has 0 saturated carbocycles. The first-order valence-corrected chi connectivity index (χ1v) is 9.16. The van der Waals surface area contributed by atoms with Crippen LogP contribution in [0, 0.1) is 0 Å². The third-order valence-electron chi connectivity index (χ3n) is 4.83. The molecule has 0 aromatic heterocycles. The van der Waals surface area contributed by atoms with Crippen LogP contribution in [0.3, 0.4) is 0 Å². The largest absolute Gasteiger partial charge is 0.368 e. The molecule has 25 heavy (non-hydrogen) atoms. The van der Waals surface area contributed by atoms with Gasteiger partial charge in [0.1, 0.15) is 6.10 Å². The van der Waals surface area contributed by atoms with Crippen molar-refractivity contribution in [3.63, 3.8) is 0 Å². The Balaban J connectivity index is 1.32. The maximum Gasteiger partial charge on any atom is 0.251 e. The van der Waals surface area contributed by atoms with E-state index < -0.39 is 0 Å². The van der Waals surface area contributed by atoms with Crippen molar-refractivity contribution in [2.45, 2.75) is 25.4 Å². The minimum absolute atomic E-state index is 0.0508. The summed E-state index contributed by atoms with van der Waals surface area (Å²) in [4.78, 5) is 28.4. The highest BCUT2D eigenvalue weighted by atomic mass is 16.5. The Kier molecular flexibility index (Phi) is 6.42. The van der Waals surface area contributed by atoms with Crippen LogP contribution in [0.25, 0.3) is 0 Å². The third kappa shape index (κ3) is 5.28. The van der Waals surface area contributed by atoms with Crippen molar-refractivity contribution in [3.05, 3.63) is 35.9 Å². The van der Waals surface area contributed by atoms with Gasteiger partial charge in [-0.15, -0.1) is 0 Å². The van der Waals surface area contributed by atoms with Gasteiger partial charge in [0.2, 0.25) is 5.91 Å². The standard InChI is InChI=1S/C19H27N3O3/c23-18(20-9-8-16-5-2-1-3-6-16)15-21-10-12-22(13-11-21)19(24)17-7-4-14-25-17/h1-3,5-6,17H,4,7-15H2,(H,20,23)/t17-/m1/s1. The van der Waals surface area contributed by atoms with E-state index in [-0.39, 0.29) is 17.9 Å². The minimum Gasteiger partial charge on any atom is -0.368 e. The Bertz CT molecular complexity index is 565. The van der Waals surface area contributed by atoms with Crippen LogP contribution in [0.4, 0.5) is 0 Å². The second kappa shape index (κ2) is 8.97. The van der Waals surface area contributed by atoms with E-state index in [1.54, 1.807) is 0 Å². The second-order valence-corrected chi connectivity index (χ2v) is 6.69. The highest BCUT2D eigenvalue weighted by Crippen LogP contribution is 2.15. The Labute approximate surface area is 149 Å². The van der Waals surface area contributed by atoms with Gasteiger partial charge in [-0.05, 0) is 24.8 Å². The van der Waals surface area contributed by atoms with E-state index in [9.17, 15) is 9.59 Å². The molecule has 2 aliphatic rings. The molecular formula is C19H27N3O3. The van der Waals surface area contributed by atoms with Gasteiger partial charge in [-0.2, -0.15) is 0 Å². The number of hydrogen-bond acceptors (Lipinski definition) is 4. The molecule has 6 heteroatoms. The number of rotatable bonds is 6. The zero-order valence-electron chi connectivity index (χ0n) is 14.7. The van der Waals surface area contributed by atoms with E-state index in [4.69, 9.17) is 4.74 Å². The summed E-state index contributed by atoms with van der Waals surface area (Å²) in [6, 6.07) is 10.1. The Morgan fingerprint density at radius 1 is 1.12 bits per heavy atom. The number of nitrogens with zero attached hydrogens (tertiary/aromatic N) is 2. The van der Waals surface area contributed by atoms with Crippen LogP contribution in [0.15, 0.2) is 30.3 Å².